The van der Waals surface area contributed by atoms with Gasteiger partial charge in [0.1, 0.15) is 6.10 Å². The van der Waals surface area contributed by atoms with Gasteiger partial charge in [0.25, 0.3) is 5.91 Å². The maximum Gasteiger partial charge on any atom is 0.278 e. The largest absolute Gasteiger partial charge is 0.278 e. The fourth-order valence-electron chi connectivity index (χ4n) is 2.19. The molecule has 0 spiro atoms. The molecule has 0 aromatic heterocycles. The first-order valence-electron chi connectivity index (χ1n) is 5.58. The van der Waals surface area contributed by atoms with Crippen LogP contribution in [0.1, 0.15) is 23.2 Å². The van der Waals surface area contributed by atoms with Crippen molar-refractivity contribution < 1.29 is 9.63 Å². The van der Waals surface area contributed by atoms with Crippen LogP contribution in [0.2, 0.25) is 0 Å². The highest BCUT2D eigenvalue weighted by Gasteiger charge is 2.34. The molecule has 0 N–H and O–H groups in total. The van der Waals surface area contributed by atoms with Crippen molar-refractivity contribution in [3.05, 3.63) is 48.0 Å². The van der Waals surface area contributed by atoms with Gasteiger partial charge >= 0.3 is 0 Å². The molecule has 1 aromatic carbocycles. The lowest BCUT2D eigenvalue weighted by molar-refractivity contribution is -0.197. The molecule has 3 aliphatic rings. The van der Waals surface area contributed by atoms with E-state index in [4.69, 9.17) is 4.84 Å². The summed E-state index contributed by atoms with van der Waals surface area (Å²) in [6, 6.07) is 9.38. The standard InChI is InChI=1S/C13H13NO2/c15-13(10-4-2-1-3-5-10)14-11-6-8-12(16-14)9-7-11/h1-6,8,11-12H,7,9H2/t11-,12+/m1/s1. The highest BCUT2D eigenvalue weighted by Crippen LogP contribution is 2.28. The lowest BCUT2D eigenvalue weighted by Crippen LogP contribution is -2.48. The van der Waals surface area contributed by atoms with E-state index < -0.39 is 0 Å². The first-order valence-corrected chi connectivity index (χ1v) is 5.58. The second kappa shape index (κ2) is 3.76. The Hall–Kier alpha value is -1.61. The first-order chi connectivity index (χ1) is 7.84. The smallest absolute Gasteiger partial charge is 0.267 e. The number of fused-ring (bicyclic) bond motifs is 2. The predicted molar refractivity (Wildman–Crippen MR) is 59.6 cm³/mol. The Bertz CT molecular complexity index is 427. The Kier molecular flexibility index (Phi) is 2.26. The van der Waals surface area contributed by atoms with Gasteiger partial charge in [-0.1, -0.05) is 30.4 Å². The summed E-state index contributed by atoms with van der Waals surface area (Å²) in [5, 5.41) is 1.52. The molecule has 2 aliphatic heterocycles. The summed E-state index contributed by atoms with van der Waals surface area (Å²) >= 11 is 0. The maximum absolute atomic E-state index is 12.2. The number of amides is 1. The first kappa shape index (κ1) is 9.60. The Labute approximate surface area is 94.3 Å². The van der Waals surface area contributed by atoms with Crippen LogP contribution in [-0.2, 0) is 4.84 Å². The Morgan fingerprint density at radius 2 is 2.00 bits per heavy atom. The molecule has 0 saturated carbocycles. The monoisotopic (exact) mass is 215 g/mol. The molecule has 1 fully saturated rings. The van der Waals surface area contributed by atoms with Crippen LogP contribution < -0.4 is 0 Å². The highest BCUT2D eigenvalue weighted by atomic mass is 16.7. The van der Waals surface area contributed by atoms with Gasteiger partial charge in [0.05, 0.1) is 6.04 Å². The van der Waals surface area contributed by atoms with Gasteiger partial charge in [-0.25, -0.2) is 5.06 Å². The minimum atomic E-state index is -0.0420. The zero-order chi connectivity index (χ0) is 11.0. The minimum absolute atomic E-state index is 0.0420. The fraction of sp³-hybridized carbons (Fsp3) is 0.308. The molecule has 2 bridgehead atoms. The van der Waals surface area contributed by atoms with Crippen LogP contribution in [0.5, 0.6) is 0 Å². The molecule has 16 heavy (non-hydrogen) atoms. The van der Waals surface area contributed by atoms with Gasteiger partial charge in [-0.3, -0.25) is 9.63 Å². The van der Waals surface area contributed by atoms with E-state index in [0.717, 1.165) is 12.8 Å². The molecule has 1 saturated heterocycles. The average molecular weight is 215 g/mol. The summed E-state index contributed by atoms with van der Waals surface area (Å²) in [7, 11) is 0. The number of nitrogens with zero attached hydrogens (tertiary/aromatic N) is 1. The van der Waals surface area contributed by atoms with Crippen LogP contribution in [0.25, 0.3) is 0 Å². The zero-order valence-corrected chi connectivity index (χ0v) is 8.87. The lowest BCUT2D eigenvalue weighted by Gasteiger charge is -2.40. The van der Waals surface area contributed by atoms with Crippen LogP contribution >= 0.6 is 0 Å². The van der Waals surface area contributed by atoms with Gasteiger partial charge in [0.2, 0.25) is 0 Å². The Morgan fingerprint density at radius 3 is 2.56 bits per heavy atom. The van der Waals surface area contributed by atoms with Crippen LogP contribution in [0.4, 0.5) is 0 Å². The third kappa shape index (κ3) is 1.53. The van der Waals surface area contributed by atoms with E-state index in [2.05, 4.69) is 6.08 Å². The summed E-state index contributed by atoms with van der Waals surface area (Å²) in [6.07, 6.45) is 6.21. The van der Waals surface area contributed by atoms with Crippen molar-refractivity contribution in [3.63, 3.8) is 0 Å². The molecular formula is C13H13NO2. The maximum atomic E-state index is 12.2. The van der Waals surface area contributed by atoms with E-state index in [1.165, 1.54) is 5.06 Å². The van der Waals surface area contributed by atoms with Crippen molar-refractivity contribution in [2.75, 3.05) is 0 Å². The van der Waals surface area contributed by atoms with Gasteiger partial charge in [0, 0.05) is 5.56 Å². The quantitative estimate of drug-likeness (QED) is 0.672. The molecule has 1 amide bonds. The third-order valence-electron chi connectivity index (χ3n) is 3.07. The number of hydrogen-bond acceptors (Lipinski definition) is 2. The zero-order valence-electron chi connectivity index (χ0n) is 8.87. The van der Waals surface area contributed by atoms with Crippen LogP contribution in [-0.4, -0.2) is 23.1 Å². The molecule has 4 rings (SSSR count). The van der Waals surface area contributed by atoms with Gasteiger partial charge in [0.15, 0.2) is 0 Å². The van der Waals surface area contributed by atoms with Crippen molar-refractivity contribution in [1.29, 1.82) is 0 Å². The number of benzene rings is 1. The number of rotatable bonds is 1. The van der Waals surface area contributed by atoms with E-state index in [1.807, 2.05) is 36.4 Å². The topological polar surface area (TPSA) is 29.5 Å². The van der Waals surface area contributed by atoms with Crippen molar-refractivity contribution in [2.24, 2.45) is 0 Å². The second-order valence-corrected chi connectivity index (χ2v) is 4.17. The van der Waals surface area contributed by atoms with E-state index in [-0.39, 0.29) is 18.1 Å². The summed E-state index contributed by atoms with van der Waals surface area (Å²) in [6.45, 7) is 0. The summed E-state index contributed by atoms with van der Waals surface area (Å²) in [5.41, 5.74) is 0.684. The molecule has 0 radical (unpaired) electrons. The van der Waals surface area contributed by atoms with Gasteiger partial charge in [-0.05, 0) is 25.0 Å². The minimum Gasteiger partial charge on any atom is -0.267 e. The average Bonchev–Trinajstić information content (AvgIpc) is 2.40. The van der Waals surface area contributed by atoms with Crippen molar-refractivity contribution in [1.82, 2.24) is 5.06 Å². The SMILES string of the molecule is O=C(c1ccccc1)N1O[C@H]2C=C[C@@H]1CC2. The van der Waals surface area contributed by atoms with Crippen molar-refractivity contribution in [2.45, 2.75) is 25.0 Å². The fourth-order valence-corrected chi connectivity index (χ4v) is 2.19. The number of hydroxylamine groups is 2. The molecule has 1 aliphatic carbocycles. The van der Waals surface area contributed by atoms with Gasteiger partial charge in [-0.2, -0.15) is 0 Å². The lowest BCUT2D eigenvalue weighted by atomic mass is 9.98. The summed E-state index contributed by atoms with van der Waals surface area (Å²) in [5.74, 6) is -0.0420. The van der Waals surface area contributed by atoms with Gasteiger partial charge in [-0.15, -0.1) is 0 Å². The molecule has 3 nitrogen and oxygen atoms in total. The molecular weight excluding hydrogens is 202 g/mol. The Balaban J connectivity index is 1.84. The predicted octanol–water partition coefficient (Wildman–Crippen LogP) is 2.16. The third-order valence-corrected chi connectivity index (χ3v) is 3.07. The van der Waals surface area contributed by atoms with Crippen LogP contribution in [0.15, 0.2) is 42.5 Å². The van der Waals surface area contributed by atoms with Gasteiger partial charge < -0.3 is 0 Å². The molecule has 2 heterocycles. The van der Waals surface area contributed by atoms with Crippen molar-refractivity contribution in [3.8, 4) is 0 Å². The molecule has 82 valence electrons. The van der Waals surface area contributed by atoms with E-state index in [1.54, 1.807) is 0 Å². The second-order valence-electron chi connectivity index (χ2n) is 4.17. The molecule has 1 aromatic rings. The van der Waals surface area contributed by atoms with Crippen LogP contribution in [0, 0.1) is 0 Å². The summed E-state index contributed by atoms with van der Waals surface area (Å²) in [4.78, 5) is 17.8. The van der Waals surface area contributed by atoms with E-state index in [9.17, 15) is 4.79 Å². The molecule has 0 unspecified atom stereocenters. The normalized spacial score (nSPS) is 27.1. The van der Waals surface area contributed by atoms with Crippen LogP contribution in [0.3, 0.4) is 0 Å². The number of carbonyl (C=O) groups excluding carboxylic acids is 1. The highest BCUT2D eigenvalue weighted by molar-refractivity contribution is 5.93. The molecule has 2 atom stereocenters. The van der Waals surface area contributed by atoms with Crippen molar-refractivity contribution >= 4 is 5.91 Å². The number of carbonyl (C=O) groups is 1. The summed E-state index contributed by atoms with van der Waals surface area (Å²) < 4.78 is 0. The van der Waals surface area contributed by atoms with E-state index >= 15 is 0 Å². The molecule has 3 heteroatoms. The van der Waals surface area contributed by atoms with E-state index in [0.29, 0.717) is 5.56 Å². The number of hydrogen-bond donors (Lipinski definition) is 0. The Morgan fingerprint density at radius 1 is 1.19 bits per heavy atom.